The lowest BCUT2D eigenvalue weighted by Gasteiger charge is -2.04. The van der Waals surface area contributed by atoms with Gasteiger partial charge in [0.15, 0.2) is 0 Å². The Morgan fingerprint density at radius 1 is 0.607 bits per heavy atom. The zero-order valence-electron chi connectivity index (χ0n) is 19.7. The van der Waals surface area contributed by atoms with E-state index in [9.17, 15) is 0 Å². The topological polar surface area (TPSA) is 8.81 Å². The number of unbranched alkanes of at least 4 members (excludes halogenated alkanes) is 15. The molecule has 0 N–H and O–H groups in total. The largest absolute Gasteiger partial charge is 0.256 e. The van der Waals surface area contributed by atoms with Crippen LogP contribution >= 0.6 is 0 Å². The van der Waals surface area contributed by atoms with E-state index in [1.165, 1.54) is 128 Å². The lowest BCUT2D eigenvalue weighted by molar-refractivity contribution is -0.700. The van der Waals surface area contributed by atoms with Gasteiger partial charge in [-0.3, -0.25) is 0 Å². The fourth-order valence-corrected chi connectivity index (χ4v) is 4.33. The van der Waals surface area contributed by atoms with Crippen molar-refractivity contribution < 1.29 is 4.57 Å². The lowest BCUT2D eigenvalue weighted by Crippen LogP contribution is -2.35. The molecule has 0 spiro atoms. The summed E-state index contributed by atoms with van der Waals surface area (Å²) in [6.07, 6.45) is 30.1. The van der Waals surface area contributed by atoms with E-state index in [0.29, 0.717) is 0 Å². The zero-order chi connectivity index (χ0) is 20.3. The highest BCUT2D eigenvalue weighted by Gasteiger charge is 2.14. The van der Waals surface area contributed by atoms with Crippen molar-refractivity contribution in [1.29, 1.82) is 0 Å². The Balaban J connectivity index is 1.88. The summed E-state index contributed by atoms with van der Waals surface area (Å²) in [5, 5.41) is 0. The molecule has 0 fully saturated rings. The number of hydrogen-bond acceptors (Lipinski definition) is 0. The standard InChI is InChI=1S/C26H51N2/c1-4-7-8-9-10-11-12-13-14-15-16-17-18-19-20-21-23-28-25-24-27(6-3)26(28)22-5-2/h24-25H,4-23H2,1-3H3/q+1. The lowest BCUT2D eigenvalue weighted by atomic mass is 10.0. The van der Waals surface area contributed by atoms with Crippen LogP contribution in [0.5, 0.6) is 0 Å². The van der Waals surface area contributed by atoms with Crippen LogP contribution in [0.4, 0.5) is 0 Å². The first kappa shape index (κ1) is 25.2. The second kappa shape index (κ2) is 18.3. The minimum absolute atomic E-state index is 1.10. The maximum atomic E-state index is 2.50. The monoisotopic (exact) mass is 391 g/mol. The molecule has 0 saturated carbocycles. The van der Waals surface area contributed by atoms with Gasteiger partial charge in [0.25, 0.3) is 5.82 Å². The maximum absolute atomic E-state index is 2.50. The van der Waals surface area contributed by atoms with Crippen molar-refractivity contribution in [3.8, 4) is 0 Å². The minimum Gasteiger partial charge on any atom is -0.235 e. The number of imidazole rings is 1. The molecule has 2 heteroatoms. The average molecular weight is 392 g/mol. The van der Waals surface area contributed by atoms with Crippen molar-refractivity contribution >= 4 is 0 Å². The quantitative estimate of drug-likeness (QED) is 0.157. The highest BCUT2D eigenvalue weighted by atomic mass is 15.1. The van der Waals surface area contributed by atoms with Gasteiger partial charge in [-0.25, -0.2) is 9.13 Å². The second-order valence-corrected chi connectivity index (χ2v) is 8.75. The average Bonchev–Trinajstić information content (AvgIpc) is 3.09. The number of hydrogen-bond donors (Lipinski definition) is 0. The summed E-state index contributed by atoms with van der Waals surface area (Å²) in [5.41, 5.74) is 0. The summed E-state index contributed by atoms with van der Waals surface area (Å²) in [5.74, 6) is 1.52. The molecule has 0 aliphatic heterocycles. The molecule has 0 amide bonds. The van der Waals surface area contributed by atoms with Crippen LogP contribution in [-0.4, -0.2) is 4.57 Å². The Labute approximate surface area is 177 Å². The minimum atomic E-state index is 1.10. The van der Waals surface area contributed by atoms with E-state index >= 15 is 0 Å². The van der Waals surface area contributed by atoms with Gasteiger partial charge < -0.3 is 0 Å². The van der Waals surface area contributed by atoms with E-state index in [-0.39, 0.29) is 0 Å². The molecule has 0 unspecified atom stereocenters. The third kappa shape index (κ3) is 11.9. The third-order valence-electron chi connectivity index (χ3n) is 6.16. The van der Waals surface area contributed by atoms with Crippen molar-refractivity contribution in [2.75, 3.05) is 0 Å². The number of nitrogens with zero attached hydrogens (tertiary/aromatic N) is 2. The molecule has 1 aromatic rings. The van der Waals surface area contributed by atoms with E-state index in [0.717, 1.165) is 6.54 Å². The third-order valence-corrected chi connectivity index (χ3v) is 6.16. The van der Waals surface area contributed by atoms with Crippen LogP contribution in [0.1, 0.15) is 136 Å². The van der Waals surface area contributed by atoms with E-state index in [1.54, 1.807) is 0 Å². The molecule has 0 aromatic carbocycles. The Kier molecular flexibility index (Phi) is 16.5. The SMILES string of the molecule is CCCCCCCCCCCCCCCCCCn1cc[n+](CC)c1CCC. The number of aromatic nitrogens is 2. The van der Waals surface area contributed by atoms with Gasteiger partial charge in [0.1, 0.15) is 12.4 Å². The van der Waals surface area contributed by atoms with Crippen LogP contribution in [0.25, 0.3) is 0 Å². The Morgan fingerprint density at radius 3 is 1.50 bits per heavy atom. The highest BCUT2D eigenvalue weighted by Crippen LogP contribution is 2.14. The molecule has 164 valence electrons. The summed E-state index contributed by atoms with van der Waals surface area (Å²) in [6, 6.07) is 0. The fraction of sp³-hybridized carbons (Fsp3) is 0.885. The van der Waals surface area contributed by atoms with Gasteiger partial charge in [0.05, 0.1) is 13.1 Å². The summed E-state index contributed by atoms with van der Waals surface area (Å²) < 4.78 is 4.91. The first-order chi connectivity index (χ1) is 13.8. The predicted octanol–water partition coefficient (Wildman–Crippen LogP) is 8.01. The van der Waals surface area contributed by atoms with Crippen LogP contribution in [0.3, 0.4) is 0 Å². The molecule has 0 aliphatic rings. The normalized spacial score (nSPS) is 11.4. The van der Waals surface area contributed by atoms with Crippen LogP contribution in [0.15, 0.2) is 12.4 Å². The zero-order valence-corrected chi connectivity index (χ0v) is 19.7. The molecule has 0 bridgehead atoms. The van der Waals surface area contributed by atoms with E-state index in [1.807, 2.05) is 0 Å². The second-order valence-electron chi connectivity index (χ2n) is 8.75. The van der Waals surface area contributed by atoms with Gasteiger partial charge in [-0.15, -0.1) is 0 Å². The predicted molar refractivity (Wildman–Crippen MR) is 124 cm³/mol. The first-order valence-corrected chi connectivity index (χ1v) is 12.9. The molecule has 1 aromatic heterocycles. The molecular weight excluding hydrogens is 340 g/mol. The fourth-order valence-electron chi connectivity index (χ4n) is 4.33. The first-order valence-electron chi connectivity index (χ1n) is 12.9. The van der Waals surface area contributed by atoms with Crippen molar-refractivity contribution in [3.05, 3.63) is 18.2 Å². The van der Waals surface area contributed by atoms with E-state index < -0.39 is 0 Å². The molecule has 0 aliphatic carbocycles. The van der Waals surface area contributed by atoms with Gasteiger partial charge in [-0.05, 0) is 26.2 Å². The summed E-state index contributed by atoms with van der Waals surface area (Å²) >= 11 is 0. The summed E-state index contributed by atoms with van der Waals surface area (Å²) in [7, 11) is 0. The van der Waals surface area contributed by atoms with Gasteiger partial charge in [-0.1, -0.05) is 104 Å². The molecule has 0 radical (unpaired) electrons. The highest BCUT2D eigenvalue weighted by molar-refractivity contribution is 4.83. The summed E-state index contributed by atoms with van der Waals surface area (Å²) in [6.45, 7) is 9.14. The maximum Gasteiger partial charge on any atom is 0.256 e. The van der Waals surface area contributed by atoms with E-state index in [4.69, 9.17) is 0 Å². The van der Waals surface area contributed by atoms with Crippen LogP contribution in [0, 0.1) is 0 Å². The molecule has 1 heterocycles. The molecule has 2 nitrogen and oxygen atoms in total. The van der Waals surface area contributed by atoms with Crippen LogP contribution < -0.4 is 4.57 Å². The van der Waals surface area contributed by atoms with Gasteiger partial charge in [0, 0.05) is 6.42 Å². The number of rotatable bonds is 20. The Bertz CT molecular complexity index is 449. The molecule has 0 atom stereocenters. The Hall–Kier alpha value is -0.790. The van der Waals surface area contributed by atoms with E-state index in [2.05, 4.69) is 42.3 Å². The summed E-state index contributed by atoms with van der Waals surface area (Å²) in [4.78, 5) is 0. The smallest absolute Gasteiger partial charge is 0.235 e. The van der Waals surface area contributed by atoms with Gasteiger partial charge in [-0.2, -0.15) is 0 Å². The molecule has 1 rings (SSSR count). The van der Waals surface area contributed by atoms with Crippen molar-refractivity contribution in [2.24, 2.45) is 0 Å². The van der Waals surface area contributed by atoms with Crippen LogP contribution in [0.2, 0.25) is 0 Å². The van der Waals surface area contributed by atoms with Crippen LogP contribution in [-0.2, 0) is 19.5 Å². The molecular formula is C26H51N2+. The molecule has 0 saturated heterocycles. The van der Waals surface area contributed by atoms with Crippen molar-refractivity contribution in [2.45, 2.75) is 149 Å². The van der Waals surface area contributed by atoms with Crippen molar-refractivity contribution in [3.63, 3.8) is 0 Å². The van der Waals surface area contributed by atoms with Crippen molar-refractivity contribution in [1.82, 2.24) is 4.57 Å². The number of aryl methyl sites for hydroxylation is 2. The Morgan fingerprint density at radius 2 is 1.07 bits per heavy atom. The molecule has 28 heavy (non-hydrogen) atoms. The van der Waals surface area contributed by atoms with Gasteiger partial charge >= 0.3 is 0 Å². The van der Waals surface area contributed by atoms with Gasteiger partial charge in [0.2, 0.25) is 0 Å².